The van der Waals surface area contributed by atoms with Gasteiger partial charge in [0.2, 0.25) is 6.79 Å². The van der Waals surface area contributed by atoms with Gasteiger partial charge in [-0.2, -0.15) is 0 Å². The molecule has 168 valence electrons. The molecule has 0 amide bonds. The molecule has 4 rings (SSSR count). The Balaban J connectivity index is 1.46. The first-order chi connectivity index (χ1) is 15.0. The monoisotopic (exact) mass is 492 g/mol. The van der Waals surface area contributed by atoms with Crippen LogP contribution in [-0.4, -0.2) is 63.5 Å². The van der Waals surface area contributed by atoms with Gasteiger partial charge in [0.25, 0.3) is 0 Å². The standard InChI is InChI=1S/C24H30BrFN2O3/c1-27(2)9-3-10-28-11-8-20(17-4-6-19(26)7-5-17)18(14-28)15-29-22-13-24-23(12-21(22)25)30-16-31-24/h4-7,12-13,18,20H,3,8-11,14-16H2,1-2H3/t18-,20-/m1/s1. The summed E-state index contributed by atoms with van der Waals surface area (Å²) in [5.41, 5.74) is 1.19. The Hall–Kier alpha value is -1.83. The fourth-order valence-electron chi connectivity index (χ4n) is 4.44. The molecule has 2 atom stereocenters. The Morgan fingerprint density at radius 1 is 1.16 bits per heavy atom. The van der Waals surface area contributed by atoms with Crippen LogP contribution in [0.15, 0.2) is 40.9 Å². The smallest absolute Gasteiger partial charge is 0.231 e. The zero-order valence-corrected chi connectivity index (χ0v) is 19.7. The van der Waals surface area contributed by atoms with Gasteiger partial charge in [-0.05, 0) is 86.1 Å². The lowest BCUT2D eigenvalue weighted by atomic mass is 9.80. The Morgan fingerprint density at radius 2 is 1.90 bits per heavy atom. The van der Waals surface area contributed by atoms with Gasteiger partial charge in [0, 0.05) is 24.6 Å². The van der Waals surface area contributed by atoms with Crippen molar-refractivity contribution in [2.45, 2.75) is 18.8 Å². The summed E-state index contributed by atoms with van der Waals surface area (Å²) in [5.74, 6) is 2.67. The molecule has 0 saturated carbocycles. The molecule has 0 unspecified atom stereocenters. The molecule has 0 spiro atoms. The van der Waals surface area contributed by atoms with Crippen LogP contribution in [0.4, 0.5) is 4.39 Å². The Kier molecular flexibility index (Phi) is 7.35. The highest BCUT2D eigenvalue weighted by molar-refractivity contribution is 9.10. The first-order valence-corrected chi connectivity index (χ1v) is 11.6. The van der Waals surface area contributed by atoms with E-state index < -0.39 is 0 Å². The lowest BCUT2D eigenvalue weighted by Gasteiger charge is -2.39. The number of likely N-dealkylation sites (tertiary alicyclic amines) is 1. The van der Waals surface area contributed by atoms with Crippen LogP contribution >= 0.6 is 15.9 Å². The summed E-state index contributed by atoms with van der Waals surface area (Å²) in [5, 5.41) is 0. The van der Waals surface area contributed by atoms with Gasteiger partial charge >= 0.3 is 0 Å². The molecule has 0 radical (unpaired) electrons. The van der Waals surface area contributed by atoms with Crippen LogP contribution in [0.3, 0.4) is 0 Å². The van der Waals surface area contributed by atoms with Crippen LogP contribution < -0.4 is 14.2 Å². The Labute approximate surface area is 192 Å². The van der Waals surface area contributed by atoms with E-state index in [2.05, 4.69) is 39.8 Å². The minimum atomic E-state index is -0.193. The maximum atomic E-state index is 13.5. The quantitative estimate of drug-likeness (QED) is 0.530. The van der Waals surface area contributed by atoms with Crippen molar-refractivity contribution in [3.05, 3.63) is 52.3 Å². The second-order valence-corrected chi connectivity index (χ2v) is 9.47. The zero-order chi connectivity index (χ0) is 21.8. The number of ether oxygens (including phenoxy) is 3. The van der Waals surface area contributed by atoms with E-state index in [1.54, 1.807) is 12.1 Å². The molecule has 7 heteroatoms. The summed E-state index contributed by atoms with van der Waals surface area (Å²) in [6.07, 6.45) is 2.19. The Bertz CT molecular complexity index is 878. The lowest BCUT2D eigenvalue weighted by Crippen LogP contribution is -2.42. The van der Waals surface area contributed by atoms with Crippen LogP contribution in [0.25, 0.3) is 0 Å². The summed E-state index contributed by atoms with van der Waals surface area (Å²) in [6, 6.07) is 10.7. The van der Waals surface area contributed by atoms with Crippen LogP contribution in [0.2, 0.25) is 0 Å². The molecule has 0 N–H and O–H groups in total. The van der Waals surface area contributed by atoms with E-state index in [1.807, 2.05) is 24.3 Å². The third-order valence-corrected chi connectivity index (χ3v) is 6.70. The van der Waals surface area contributed by atoms with Crippen LogP contribution in [0.1, 0.15) is 24.3 Å². The fourth-order valence-corrected chi connectivity index (χ4v) is 4.88. The van der Waals surface area contributed by atoms with Crippen molar-refractivity contribution in [1.82, 2.24) is 9.80 Å². The summed E-state index contributed by atoms with van der Waals surface area (Å²) in [7, 11) is 4.22. The van der Waals surface area contributed by atoms with Gasteiger partial charge < -0.3 is 24.0 Å². The summed E-state index contributed by atoms with van der Waals surface area (Å²) in [6.45, 7) is 5.02. The molecule has 2 aromatic rings. The van der Waals surface area contributed by atoms with Crippen molar-refractivity contribution in [2.24, 2.45) is 5.92 Å². The molecule has 2 aromatic carbocycles. The summed E-state index contributed by atoms with van der Waals surface area (Å²) in [4.78, 5) is 4.76. The van der Waals surface area contributed by atoms with Crippen molar-refractivity contribution in [3.63, 3.8) is 0 Å². The highest BCUT2D eigenvalue weighted by Crippen LogP contribution is 2.41. The molecule has 1 saturated heterocycles. The number of hydrogen-bond donors (Lipinski definition) is 0. The number of nitrogens with zero attached hydrogens (tertiary/aromatic N) is 2. The molecule has 2 heterocycles. The van der Waals surface area contributed by atoms with E-state index in [4.69, 9.17) is 14.2 Å². The fraction of sp³-hybridized carbons (Fsp3) is 0.500. The molecule has 0 aromatic heterocycles. The van der Waals surface area contributed by atoms with E-state index in [0.29, 0.717) is 24.2 Å². The maximum absolute atomic E-state index is 13.5. The van der Waals surface area contributed by atoms with Gasteiger partial charge in [0.15, 0.2) is 11.5 Å². The number of benzene rings is 2. The van der Waals surface area contributed by atoms with Gasteiger partial charge in [-0.25, -0.2) is 4.39 Å². The van der Waals surface area contributed by atoms with E-state index in [0.717, 1.165) is 55.0 Å². The van der Waals surface area contributed by atoms with Crippen molar-refractivity contribution in [3.8, 4) is 17.2 Å². The second kappa shape index (κ2) is 10.2. The largest absolute Gasteiger partial charge is 0.492 e. The highest BCUT2D eigenvalue weighted by atomic mass is 79.9. The van der Waals surface area contributed by atoms with Crippen LogP contribution in [0.5, 0.6) is 17.2 Å². The number of fused-ring (bicyclic) bond motifs is 1. The average molecular weight is 493 g/mol. The van der Waals surface area contributed by atoms with Crippen molar-refractivity contribution in [2.75, 3.05) is 53.7 Å². The van der Waals surface area contributed by atoms with E-state index in [9.17, 15) is 4.39 Å². The van der Waals surface area contributed by atoms with Gasteiger partial charge in [-0.3, -0.25) is 0 Å². The van der Waals surface area contributed by atoms with E-state index in [-0.39, 0.29) is 12.6 Å². The van der Waals surface area contributed by atoms with Gasteiger partial charge in [-0.1, -0.05) is 12.1 Å². The number of hydrogen-bond acceptors (Lipinski definition) is 5. The van der Waals surface area contributed by atoms with E-state index in [1.165, 1.54) is 5.56 Å². The normalized spacial score (nSPS) is 20.9. The number of rotatable bonds is 8. The molecule has 0 bridgehead atoms. The van der Waals surface area contributed by atoms with Gasteiger partial charge in [0.05, 0.1) is 11.1 Å². The molecule has 5 nitrogen and oxygen atoms in total. The Morgan fingerprint density at radius 3 is 2.65 bits per heavy atom. The maximum Gasteiger partial charge on any atom is 0.231 e. The molecular weight excluding hydrogens is 463 g/mol. The minimum Gasteiger partial charge on any atom is -0.492 e. The molecule has 2 aliphatic rings. The number of halogens is 2. The summed E-state index contributed by atoms with van der Waals surface area (Å²) >= 11 is 3.59. The first kappa shape index (κ1) is 22.4. The third-order valence-electron chi connectivity index (χ3n) is 6.08. The second-order valence-electron chi connectivity index (χ2n) is 8.61. The molecule has 31 heavy (non-hydrogen) atoms. The zero-order valence-electron chi connectivity index (χ0n) is 18.2. The third kappa shape index (κ3) is 5.70. The van der Waals surface area contributed by atoms with Crippen LogP contribution in [0, 0.1) is 11.7 Å². The van der Waals surface area contributed by atoms with E-state index >= 15 is 0 Å². The predicted molar refractivity (Wildman–Crippen MR) is 123 cm³/mol. The molecule has 1 fully saturated rings. The SMILES string of the molecule is CN(C)CCCN1CC[C@H](c2ccc(F)cc2)[C@@H](COc2cc3c(cc2Br)OCO3)C1. The van der Waals surface area contributed by atoms with Crippen molar-refractivity contribution < 1.29 is 18.6 Å². The molecule has 0 aliphatic carbocycles. The minimum absolute atomic E-state index is 0.193. The van der Waals surface area contributed by atoms with Crippen molar-refractivity contribution in [1.29, 1.82) is 0 Å². The van der Waals surface area contributed by atoms with Gasteiger partial charge in [-0.15, -0.1) is 0 Å². The summed E-state index contributed by atoms with van der Waals surface area (Å²) < 4.78 is 31.5. The molecular formula is C24H30BrFN2O3. The average Bonchev–Trinajstić information content (AvgIpc) is 3.20. The van der Waals surface area contributed by atoms with Gasteiger partial charge in [0.1, 0.15) is 11.6 Å². The highest BCUT2D eigenvalue weighted by Gasteiger charge is 2.31. The van der Waals surface area contributed by atoms with Crippen molar-refractivity contribution >= 4 is 15.9 Å². The van der Waals surface area contributed by atoms with Crippen LogP contribution in [-0.2, 0) is 0 Å². The lowest BCUT2D eigenvalue weighted by molar-refractivity contribution is 0.108. The topological polar surface area (TPSA) is 34.2 Å². The predicted octanol–water partition coefficient (Wildman–Crippen LogP) is 4.75. The number of piperidine rings is 1. The molecule has 2 aliphatic heterocycles. The first-order valence-electron chi connectivity index (χ1n) is 10.8.